The summed E-state index contributed by atoms with van der Waals surface area (Å²) in [6.45, 7) is 9.75. The number of rotatable bonds is 7. The lowest BCUT2D eigenvalue weighted by atomic mass is 10.1. The van der Waals surface area contributed by atoms with Crippen molar-refractivity contribution in [2.45, 2.75) is 39.8 Å². The lowest BCUT2D eigenvalue weighted by Gasteiger charge is -2.30. The number of carboxylic acids is 1. The van der Waals surface area contributed by atoms with Crippen LogP contribution >= 0.6 is 0 Å². The van der Waals surface area contributed by atoms with E-state index in [0.717, 1.165) is 6.54 Å². The summed E-state index contributed by atoms with van der Waals surface area (Å²) in [5.41, 5.74) is 5.30. The van der Waals surface area contributed by atoms with Gasteiger partial charge in [0.1, 0.15) is 11.4 Å². The molecule has 118 valence electrons. The lowest BCUT2D eigenvalue weighted by Crippen LogP contribution is -2.40. The summed E-state index contributed by atoms with van der Waals surface area (Å²) in [7, 11) is 0. The van der Waals surface area contributed by atoms with E-state index >= 15 is 0 Å². The Hall–Kier alpha value is -1.82. The summed E-state index contributed by atoms with van der Waals surface area (Å²) in [4.78, 5) is 13.5. The van der Waals surface area contributed by atoms with Crippen LogP contribution in [0.25, 0.3) is 0 Å². The zero-order valence-electron chi connectivity index (χ0n) is 13.0. The maximum Gasteiger partial charge on any atom is 0.340 e. The number of carbonyl (C=O) groups is 1. The molecule has 6 heteroatoms. The van der Waals surface area contributed by atoms with E-state index in [-0.39, 0.29) is 11.3 Å². The summed E-state index contributed by atoms with van der Waals surface area (Å²) in [5, 5.41) is 12.2. The third-order valence-corrected chi connectivity index (χ3v) is 3.42. The molecule has 0 aliphatic rings. The number of nitrogens with two attached hydrogens (primary N) is 1. The molecule has 0 amide bonds. The molecule has 0 unspecified atom stereocenters. The van der Waals surface area contributed by atoms with Crippen LogP contribution in [0.3, 0.4) is 0 Å². The third kappa shape index (κ3) is 4.32. The minimum atomic E-state index is -1.24. The van der Waals surface area contributed by atoms with Crippen LogP contribution in [-0.2, 0) is 0 Å². The highest BCUT2D eigenvalue weighted by Crippen LogP contribution is 2.25. The minimum Gasteiger partial charge on any atom is -0.478 e. The van der Waals surface area contributed by atoms with Crippen molar-refractivity contribution in [3.8, 4) is 0 Å². The molecule has 0 radical (unpaired) electrons. The first-order valence-corrected chi connectivity index (χ1v) is 7.06. The molecule has 21 heavy (non-hydrogen) atoms. The van der Waals surface area contributed by atoms with E-state index in [1.54, 1.807) is 0 Å². The normalized spacial score (nSPS) is 11.4. The molecule has 5 nitrogen and oxygen atoms in total. The Labute approximate surface area is 124 Å². The summed E-state index contributed by atoms with van der Waals surface area (Å²) in [6.07, 6.45) is 0. The quantitative estimate of drug-likeness (QED) is 0.674. The Balaban J connectivity index is 2.81. The molecule has 0 heterocycles. The average Bonchev–Trinajstić information content (AvgIpc) is 2.37. The van der Waals surface area contributed by atoms with E-state index in [0.29, 0.717) is 24.3 Å². The van der Waals surface area contributed by atoms with Gasteiger partial charge in [-0.05, 0) is 39.8 Å². The monoisotopic (exact) mass is 297 g/mol. The van der Waals surface area contributed by atoms with Crippen molar-refractivity contribution in [2.24, 2.45) is 0 Å². The van der Waals surface area contributed by atoms with Crippen LogP contribution in [-0.4, -0.2) is 41.1 Å². The second-order valence-corrected chi connectivity index (χ2v) is 5.54. The number of nitrogens with one attached hydrogen (secondary N) is 1. The van der Waals surface area contributed by atoms with E-state index in [4.69, 9.17) is 10.8 Å². The van der Waals surface area contributed by atoms with Crippen molar-refractivity contribution in [3.05, 3.63) is 23.5 Å². The number of halogens is 1. The Morgan fingerprint density at radius 2 is 1.90 bits per heavy atom. The molecule has 0 bridgehead atoms. The van der Waals surface area contributed by atoms with Gasteiger partial charge >= 0.3 is 5.97 Å². The van der Waals surface area contributed by atoms with Crippen LogP contribution in [0.2, 0.25) is 0 Å². The van der Waals surface area contributed by atoms with Crippen molar-refractivity contribution >= 4 is 17.3 Å². The first-order valence-electron chi connectivity index (χ1n) is 7.06. The topological polar surface area (TPSA) is 78.6 Å². The molecule has 0 saturated heterocycles. The predicted molar refractivity (Wildman–Crippen MR) is 83.2 cm³/mol. The van der Waals surface area contributed by atoms with Gasteiger partial charge < -0.3 is 16.2 Å². The van der Waals surface area contributed by atoms with Gasteiger partial charge in [0.05, 0.1) is 11.4 Å². The van der Waals surface area contributed by atoms with Crippen LogP contribution in [0, 0.1) is 5.82 Å². The van der Waals surface area contributed by atoms with E-state index in [1.807, 2.05) is 0 Å². The molecule has 1 rings (SSSR count). The third-order valence-electron chi connectivity index (χ3n) is 3.42. The molecule has 1 aromatic rings. The first kappa shape index (κ1) is 17.2. The Kier molecular flexibility index (Phi) is 5.96. The van der Waals surface area contributed by atoms with Gasteiger partial charge in [-0.3, -0.25) is 4.90 Å². The Morgan fingerprint density at radius 3 is 2.38 bits per heavy atom. The molecule has 0 fully saturated rings. The van der Waals surface area contributed by atoms with Crippen LogP contribution in [0.1, 0.15) is 38.1 Å². The summed E-state index contributed by atoms with van der Waals surface area (Å²) in [6, 6.07) is 3.37. The second kappa shape index (κ2) is 7.26. The molecule has 0 aliphatic carbocycles. The lowest BCUT2D eigenvalue weighted by molar-refractivity contribution is 0.0698. The van der Waals surface area contributed by atoms with E-state index in [1.165, 1.54) is 12.1 Å². The van der Waals surface area contributed by atoms with Crippen LogP contribution < -0.4 is 11.1 Å². The van der Waals surface area contributed by atoms with Gasteiger partial charge in [-0.15, -0.1) is 0 Å². The van der Waals surface area contributed by atoms with Crippen molar-refractivity contribution in [1.29, 1.82) is 0 Å². The molecule has 0 aromatic heterocycles. The fraction of sp³-hybridized carbons (Fsp3) is 0.533. The number of nitrogen functional groups attached to an aromatic ring is 1. The van der Waals surface area contributed by atoms with Crippen LogP contribution in [0.4, 0.5) is 15.8 Å². The molecule has 4 N–H and O–H groups in total. The maximum absolute atomic E-state index is 13.4. The molecular weight excluding hydrogens is 273 g/mol. The van der Waals surface area contributed by atoms with E-state index in [9.17, 15) is 9.18 Å². The van der Waals surface area contributed by atoms with Gasteiger partial charge in [-0.25, -0.2) is 9.18 Å². The van der Waals surface area contributed by atoms with Crippen LogP contribution in [0.5, 0.6) is 0 Å². The number of hydrogen-bond acceptors (Lipinski definition) is 4. The molecule has 0 atom stereocenters. The number of carboxylic acid groups (broad SMARTS) is 1. The van der Waals surface area contributed by atoms with Crippen molar-refractivity contribution in [1.82, 2.24) is 4.90 Å². The number of hydrogen-bond donors (Lipinski definition) is 3. The average molecular weight is 297 g/mol. The number of benzene rings is 1. The van der Waals surface area contributed by atoms with Crippen LogP contribution in [0.15, 0.2) is 12.1 Å². The van der Waals surface area contributed by atoms with Gasteiger partial charge in [0, 0.05) is 25.2 Å². The first-order chi connectivity index (χ1) is 9.75. The zero-order chi connectivity index (χ0) is 16.2. The predicted octanol–water partition coefficient (Wildman–Crippen LogP) is 2.64. The summed E-state index contributed by atoms with van der Waals surface area (Å²) in [5.74, 6) is -1.96. The fourth-order valence-electron chi connectivity index (χ4n) is 2.40. The smallest absolute Gasteiger partial charge is 0.340 e. The molecule has 0 saturated carbocycles. The largest absolute Gasteiger partial charge is 0.478 e. The number of nitrogens with zero attached hydrogens (tertiary/aromatic N) is 1. The van der Waals surface area contributed by atoms with Gasteiger partial charge in [-0.1, -0.05) is 0 Å². The maximum atomic E-state index is 13.4. The zero-order valence-corrected chi connectivity index (χ0v) is 13.0. The highest BCUT2D eigenvalue weighted by atomic mass is 19.1. The van der Waals surface area contributed by atoms with Crippen molar-refractivity contribution in [2.75, 3.05) is 24.1 Å². The van der Waals surface area contributed by atoms with Crippen molar-refractivity contribution < 1.29 is 14.3 Å². The number of anilines is 2. The SMILES string of the molecule is CC(C)N(CCNc1ccc(F)c(N)c1C(=O)O)C(C)C. The molecule has 0 aliphatic heterocycles. The highest BCUT2D eigenvalue weighted by molar-refractivity contribution is 6.00. The van der Waals surface area contributed by atoms with Gasteiger partial charge in [0.2, 0.25) is 0 Å². The molecular formula is C15H24FN3O2. The Morgan fingerprint density at radius 1 is 1.33 bits per heavy atom. The second-order valence-electron chi connectivity index (χ2n) is 5.54. The highest BCUT2D eigenvalue weighted by Gasteiger charge is 2.18. The summed E-state index contributed by atoms with van der Waals surface area (Å²) < 4.78 is 13.4. The minimum absolute atomic E-state index is 0.212. The molecule has 0 spiro atoms. The van der Waals surface area contributed by atoms with Gasteiger partial charge in [-0.2, -0.15) is 0 Å². The van der Waals surface area contributed by atoms with Gasteiger partial charge in [0.15, 0.2) is 0 Å². The van der Waals surface area contributed by atoms with Gasteiger partial charge in [0.25, 0.3) is 0 Å². The Bertz CT molecular complexity index is 496. The molecule has 1 aromatic carbocycles. The summed E-state index contributed by atoms with van der Waals surface area (Å²) >= 11 is 0. The fourth-order valence-corrected chi connectivity index (χ4v) is 2.40. The van der Waals surface area contributed by atoms with Crippen molar-refractivity contribution in [3.63, 3.8) is 0 Å². The standard InChI is InChI=1S/C15H24FN3O2/c1-9(2)19(10(3)4)8-7-18-12-6-5-11(16)14(17)13(12)15(20)21/h5-6,9-10,18H,7-8,17H2,1-4H3,(H,20,21). The van der Waals surface area contributed by atoms with E-state index < -0.39 is 11.8 Å². The van der Waals surface area contributed by atoms with E-state index in [2.05, 4.69) is 37.9 Å². The number of aromatic carboxylic acids is 1.